The predicted octanol–water partition coefficient (Wildman–Crippen LogP) is 2.52. The molecule has 0 saturated carbocycles. The SMILES string of the molecule is CCc1cc2c(NC3(C)CCOC3C)nc(NN)nc2s1. The Bertz CT molecular complexity index is 658. The Morgan fingerprint density at radius 2 is 2.33 bits per heavy atom. The van der Waals surface area contributed by atoms with E-state index in [0.29, 0.717) is 5.95 Å². The maximum atomic E-state index is 5.69. The molecule has 114 valence electrons. The van der Waals surface area contributed by atoms with Gasteiger partial charge < -0.3 is 10.1 Å². The minimum atomic E-state index is -0.124. The van der Waals surface area contributed by atoms with Gasteiger partial charge in [-0.2, -0.15) is 4.98 Å². The van der Waals surface area contributed by atoms with Gasteiger partial charge >= 0.3 is 0 Å². The first kappa shape index (κ1) is 14.5. The smallest absolute Gasteiger partial charge is 0.240 e. The molecule has 2 unspecified atom stereocenters. The Kier molecular flexibility index (Phi) is 3.73. The molecular formula is C14H21N5OS. The molecule has 0 aliphatic carbocycles. The Morgan fingerprint density at radius 3 is 2.95 bits per heavy atom. The molecule has 1 aliphatic rings. The van der Waals surface area contributed by atoms with Crippen LogP contribution in [0.15, 0.2) is 6.07 Å². The van der Waals surface area contributed by atoms with Crippen molar-refractivity contribution < 1.29 is 4.74 Å². The summed E-state index contributed by atoms with van der Waals surface area (Å²) in [6.07, 6.45) is 2.08. The molecule has 4 N–H and O–H groups in total. The summed E-state index contributed by atoms with van der Waals surface area (Å²) in [5.74, 6) is 6.75. The first-order valence-corrected chi connectivity index (χ1v) is 8.04. The van der Waals surface area contributed by atoms with Crippen molar-refractivity contribution in [3.05, 3.63) is 10.9 Å². The third-order valence-electron chi connectivity index (χ3n) is 4.21. The summed E-state index contributed by atoms with van der Waals surface area (Å²) in [6.45, 7) is 7.17. The van der Waals surface area contributed by atoms with E-state index in [-0.39, 0.29) is 11.6 Å². The maximum Gasteiger partial charge on any atom is 0.240 e. The van der Waals surface area contributed by atoms with E-state index in [1.54, 1.807) is 11.3 Å². The summed E-state index contributed by atoms with van der Waals surface area (Å²) in [4.78, 5) is 11.2. The summed E-state index contributed by atoms with van der Waals surface area (Å²) in [5.41, 5.74) is 2.43. The van der Waals surface area contributed by atoms with Gasteiger partial charge in [0.25, 0.3) is 0 Å². The molecule has 0 bridgehead atoms. The number of rotatable bonds is 4. The monoisotopic (exact) mass is 307 g/mol. The van der Waals surface area contributed by atoms with Crippen molar-refractivity contribution in [3.8, 4) is 0 Å². The van der Waals surface area contributed by atoms with Gasteiger partial charge in [0, 0.05) is 11.5 Å². The zero-order valence-corrected chi connectivity index (χ0v) is 13.4. The lowest BCUT2D eigenvalue weighted by Crippen LogP contribution is -2.41. The van der Waals surface area contributed by atoms with Crippen LogP contribution in [0.1, 0.15) is 32.1 Å². The molecule has 2 aromatic heterocycles. The second-order valence-electron chi connectivity index (χ2n) is 5.63. The number of hydrogen-bond donors (Lipinski definition) is 3. The highest BCUT2D eigenvalue weighted by Crippen LogP contribution is 2.35. The number of nitrogens with zero attached hydrogens (tertiary/aromatic N) is 2. The summed E-state index contributed by atoms with van der Waals surface area (Å²) in [6, 6.07) is 2.16. The standard InChI is InChI=1S/C14H21N5OS/c1-4-9-7-10-11(16-13(19-15)17-12(10)21-9)18-14(3)5-6-20-8(14)2/h7-8H,4-6,15H2,1-3H3,(H2,16,17,18,19). The van der Waals surface area contributed by atoms with E-state index in [2.05, 4.69) is 47.5 Å². The van der Waals surface area contributed by atoms with Gasteiger partial charge in [0.15, 0.2) is 0 Å². The van der Waals surface area contributed by atoms with Crippen LogP contribution >= 0.6 is 11.3 Å². The van der Waals surface area contributed by atoms with Crippen LogP contribution in [0, 0.1) is 0 Å². The van der Waals surface area contributed by atoms with Crippen molar-refractivity contribution >= 4 is 33.3 Å². The fraction of sp³-hybridized carbons (Fsp3) is 0.571. The zero-order valence-electron chi connectivity index (χ0n) is 12.6. The van der Waals surface area contributed by atoms with Gasteiger partial charge in [-0.1, -0.05) is 6.92 Å². The van der Waals surface area contributed by atoms with Gasteiger partial charge in [0.05, 0.1) is 17.0 Å². The molecule has 7 heteroatoms. The quantitative estimate of drug-likeness (QED) is 0.594. The third kappa shape index (κ3) is 2.56. The van der Waals surface area contributed by atoms with E-state index in [9.17, 15) is 0 Å². The number of nitrogens with two attached hydrogens (primary N) is 1. The average molecular weight is 307 g/mol. The van der Waals surface area contributed by atoms with Crippen LogP contribution in [-0.2, 0) is 11.2 Å². The van der Waals surface area contributed by atoms with Crippen molar-refractivity contribution in [3.63, 3.8) is 0 Å². The minimum absolute atomic E-state index is 0.124. The van der Waals surface area contributed by atoms with Crippen molar-refractivity contribution in [1.29, 1.82) is 0 Å². The predicted molar refractivity (Wildman–Crippen MR) is 86.7 cm³/mol. The fourth-order valence-corrected chi connectivity index (χ4v) is 3.54. The van der Waals surface area contributed by atoms with Crippen LogP contribution in [0.25, 0.3) is 10.2 Å². The number of aromatic nitrogens is 2. The number of hydrogen-bond acceptors (Lipinski definition) is 7. The normalized spacial score (nSPS) is 25.4. The van der Waals surface area contributed by atoms with Gasteiger partial charge in [0.1, 0.15) is 10.6 Å². The molecule has 1 fully saturated rings. The zero-order chi connectivity index (χ0) is 15.0. The second-order valence-corrected chi connectivity index (χ2v) is 6.75. The molecule has 21 heavy (non-hydrogen) atoms. The summed E-state index contributed by atoms with van der Waals surface area (Å²) < 4.78 is 5.69. The first-order valence-electron chi connectivity index (χ1n) is 7.22. The Hall–Kier alpha value is -1.44. The molecule has 3 rings (SSSR count). The van der Waals surface area contributed by atoms with E-state index in [1.807, 2.05) is 0 Å². The van der Waals surface area contributed by atoms with E-state index < -0.39 is 0 Å². The fourth-order valence-electron chi connectivity index (χ4n) is 2.57. The maximum absolute atomic E-state index is 5.69. The van der Waals surface area contributed by atoms with E-state index in [0.717, 1.165) is 35.5 Å². The van der Waals surface area contributed by atoms with Crippen molar-refractivity contribution in [2.45, 2.75) is 45.3 Å². The van der Waals surface area contributed by atoms with E-state index >= 15 is 0 Å². The lowest BCUT2D eigenvalue weighted by Gasteiger charge is -2.29. The third-order valence-corrected chi connectivity index (χ3v) is 5.39. The van der Waals surface area contributed by atoms with Crippen LogP contribution in [0.2, 0.25) is 0 Å². The molecule has 6 nitrogen and oxygen atoms in total. The number of aryl methyl sites for hydroxylation is 1. The molecule has 1 saturated heterocycles. The minimum Gasteiger partial charge on any atom is -0.376 e. The molecule has 1 aliphatic heterocycles. The van der Waals surface area contributed by atoms with Crippen LogP contribution in [0.5, 0.6) is 0 Å². The van der Waals surface area contributed by atoms with Gasteiger partial charge in [-0.05, 0) is 32.8 Å². The van der Waals surface area contributed by atoms with Crippen LogP contribution in [-0.4, -0.2) is 28.2 Å². The molecule has 2 aromatic rings. The summed E-state index contributed by atoms with van der Waals surface area (Å²) in [5, 5.41) is 4.61. The molecule has 2 atom stereocenters. The van der Waals surface area contributed by atoms with Crippen molar-refractivity contribution in [1.82, 2.24) is 9.97 Å². The second kappa shape index (κ2) is 5.40. The highest BCUT2D eigenvalue weighted by atomic mass is 32.1. The van der Waals surface area contributed by atoms with Crippen molar-refractivity contribution in [2.75, 3.05) is 17.3 Å². The Balaban J connectivity index is 2.05. The lowest BCUT2D eigenvalue weighted by atomic mass is 9.94. The van der Waals surface area contributed by atoms with Crippen LogP contribution in [0.3, 0.4) is 0 Å². The number of ether oxygens (including phenoxy) is 1. The number of fused-ring (bicyclic) bond motifs is 1. The molecule has 0 radical (unpaired) electrons. The molecular weight excluding hydrogens is 286 g/mol. The van der Waals surface area contributed by atoms with Gasteiger partial charge in [-0.3, -0.25) is 5.43 Å². The number of hydrazine groups is 1. The van der Waals surface area contributed by atoms with E-state index in [4.69, 9.17) is 10.6 Å². The highest BCUT2D eigenvalue weighted by Gasteiger charge is 2.37. The van der Waals surface area contributed by atoms with E-state index in [1.165, 1.54) is 4.88 Å². The number of anilines is 2. The van der Waals surface area contributed by atoms with Crippen molar-refractivity contribution in [2.24, 2.45) is 5.84 Å². The number of nitrogen functional groups attached to an aromatic ring is 1. The first-order chi connectivity index (χ1) is 10.1. The van der Waals surface area contributed by atoms with Gasteiger partial charge in [-0.15, -0.1) is 11.3 Å². The summed E-state index contributed by atoms with van der Waals surface area (Å²) in [7, 11) is 0. The average Bonchev–Trinajstić information content (AvgIpc) is 3.03. The van der Waals surface area contributed by atoms with Crippen LogP contribution in [0.4, 0.5) is 11.8 Å². The number of nitrogens with one attached hydrogen (secondary N) is 2. The molecule has 3 heterocycles. The van der Waals surface area contributed by atoms with Gasteiger partial charge in [0.2, 0.25) is 5.95 Å². The highest BCUT2D eigenvalue weighted by molar-refractivity contribution is 7.18. The molecule has 0 spiro atoms. The lowest BCUT2D eigenvalue weighted by molar-refractivity contribution is 0.105. The summed E-state index contributed by atoms with van der Waals surface area (Å²) >= 11 is 1.68. The molecule has 0 aromatic carbocycles. The van der Waals surface area contributed by atoms with Crippen LogP contribution < -0.4 is 16.6 Å². The molecule has 0 amide bonds. The largest absolute Gasteiger partial charge is 0.376 e. The van der Waals surface area contributed by atoms with Gasteiger partial charge in [-0.25, -0.2) is 10.8 Å². The Labute approximate surface area is 128 Å². The Morgan fingerprint density at radius 1 is 1.52 bits per heavy atom. The number of thiophene rings is 1. The topological polar surface area (TPSA) is 85.1 Å².